The Morgan fingerprint density at radius 2 is 2.06 bits per heavy atom. The highest BCUT2D eigenvalue weighted by Crippen LogP contribution is 2.19. The van der Waals surface area contributed by atoms with Crippen molar-refractivity contribution in [1.82, 2.24) is 5.32 Å². The molecular weight excluding hydrogens is 263 g/mol. The van der Waals surface area contributed by atoms with Crippen molar-refractivity contribution in [3.05, 3.63) is 0 Å². The molecule has 17 heavy (non-hydrogen) atoms. The molecule has 1 aliphatic rings. The van der Waals surface area contributed by atoms with Gasteiger partial charge in [0.05, 0.1) is 11.0 Å². The van der Waals surface area contributed by atoms with E-state index in [0.717, 1.165) is 0 Å². The predicted octanol–water partition coefficient (Wildman–Crippen LogP) is 0.852. The van der Waals surface area contributed by atoms with Crippen LogP contribution in [0.25, 0.3) is 0 Å². The summed E-state index contributed by atoms with van der Waals surface area (Å²) in [6.07, 6.45) is -4.94. The zero-order chi connectivity index (χ0) is 13.1. The van der Waals surface area contributed by atoms with E-state index >= 15 is 0 Å². The first-order chi connectivity index (χ1) is 7.71. The quantitative estimate of drug-likeness (QED) is 0.829. The number of carbonyl (C=O) groups excluding carboxylic acids is 1. The zero-order valence-electron chi connectivity index (χ0n) is 8.79. The number of sulfone groups is 1. The summed E-state index contributed by atoms with van der Waals surface area (Å²) in [7, 11) is -3.22. The van der Waals surface area contributed by atoms with Crippen molar-refractivity contribution < 1.29 is 31.1 Å². The maximum Gasteiger partial charge on any atom is 0.422 e. The lowest BCUT2D eigenvalue weighted by Gasteiger charge is -2.12. The summed E-state index contributed by atoms with van der Waals surface area (Å²) in [5.74, 6) is 0.0525. The van der Waals surface area contributed by atoms with Gasteiger partial charge in [-0.2, -0.15) is 13.2 Å². The van der Waals surface area contributed by atoms with Gasteiger partial charge in [-0.1, -0.05) is 0 Å². The maximum atomic E-state index is 11.7. The molecule has 1 heterocycles. The molecule has 0 aromatic rings. The summed E-state index contributed by atoms with van der Waals surface area (Å²) in [6.45, 7) is -1.89. The lowest BCUT2D eigenvalue weighted by molar-refractivity contribution is -0.160. The number of amides is 1. The topological polar surface area (TPSA) is 72.5 Å². The number of alkyl halides is 3. The number of carbonyl (C=O) groups is 1. The molecule has 1 rings (SSSR count). The van der Waals surface area contributed by atoms with Crippen molar-refractivity contribution in [2.24, 2.45) is 0 Å². The number of hydrogen-bond donors (Lipinski definition) is 1. The van der Waals surface area contributed by atoms with Crippen LogP contribution < -0.4 is 5.32 Å². The largest absolute Gasteiger partial charge is 0.440 e. The first-order valence-corrected chi connectivity index (χ1v) is 6.61. The molecule has 1 saturated heterocycles. The van der Waals surface area contributed by atoms with Gasteiger partial charge in [-0.15, -0.1) is 0 Å². The Morgan fingerprint density at radius 3 is 2.53 bits per heavy atom. The second-order valence-corrected chi connectivity index (χ2v) is 6.10. The van der Waals surface area contributed by atoms with Gasteiger partial charge in [-0.25, -0.2) is 13.2 Å². The fourth-order valence-corrected chi connectivity index (χ4v) is 3.25. The van der Waals surface area contributed by atoms with Crippen LogP contribution in [0.4, 0.5) is 18.0 Å². The molecule has 1 aliphatic heterocycles. The number of ether oxygens (including phenoxy) is 1. The molecule has 1 unspecified atom stereocenters. The standard InChI is InChI=1S/C8H12F3NO4S/c9-8(10,11)5-16-7(13)12-4-6-2-1-3-17(6,14)15/h6H,1-5H2,(H,12,13). The molecule has 9 heteroatoms. The fourth-order valence-electron chi connectivity index (χ4n) is 1.48. The molecule has 0 aromatic heterocycles. The molecule has 0 saturated carbocycles. The number of halogens is 3. The van der Waals surface area contributed by atoms with Crippen molar-refractivity contribution in [3.8, 4) is 0 Å². The third-order valence-electron chi connectivity index (χ3n) is 2.30. The van der Waals surface area contributed by atoms with Gasteiger partial charge in [0.2, 0.25) is 0 Å². The van der Waals surface area contributed by atoms with Gasteiger partial charge in [0, 0.05) is 6.54 Å². The number of alkyl carbamates (subject to hydrolysis) is 1. The van der Waals surface area contributed by atoms with Crippen molar-refractivity contribution in [2.45, 2.75) is 24.3 Å². The Labute approximate surface area is 96.2 Å². The molecule has 0 aliphatic carbocycles. The molecule has 0 radical (unpaired) electrons. The summed E-state index contributed by atoms with van der Waals surface area (Å²) < 4.78 is 61.5. The summed E-state index contributed by atoms with van der Waals surface area (Å²) in [4.78, 5) is 10.8. The Bertz CT molecular complexity index is 379. The lowest BCUT2D eigenvalue weighted by Crippen LogP contribution is -2.36. The van der Waals surface area contributed by atoms with Crippen LogP contribution in [0, 0.1) is 0 Å². The van der Waals surface area contributed by atoms with Crippen LogP contribution in [-0.2, 0) is 14.6 Å². The van der Waals surface area contributed by atoms with Crippen LogP contribution in [0.2, 0.25) is 0 Å². The zero-order valence-corrected chi connectivity index (χ0v) is 9.60. The first-order valence-electron chi connectivity index (χ1n) is 4.90. The second kappa shape index (κ2) is 5.11. The smallest absolute Gasteiger partial charge is 0.422 e. The number of nitrogens with one attached hydrogen (secondary N) is 1. The summed E-state index contributed by atoms with van der Waals surface area (Å²) in [5, 5.41) is 1.29. The van der Waals surface area contributed by atoms with E-state index in [4.69, 9.17) is 0 Å². The van der Waals surface area contributed by atoms with Crippen LogP contribution in [0.5, 0.6) is 0 Å². The Hall–Kier alpha value is -0.990. The summed E-state index contributed by atoms with van der Waals surface area (Å²) in [5.41, 5.74) is 0. The summed E-state index contributed by atoms with van der Waals surface area (Å²) >= 11 is 0. The van der Waals surface area contributed by atoms with Gasteiger partial charge in [0.25, 0.3) is 0 Å². The monoisotopic (exact) mass is 275 g/mol. The van der Waals surface area contributed by atoms with Gasteiger partial charge in [0.1, 0.15) is 0 Å². The van der Waals surface area contributed by atoms with Crippen LogP contribution in [0.1, 0.15) is 12.8 Å². The van der Waals surface area contributed by atoms with E-state index in [1.807, 2.05) is 5.32 Å². The molecule has 1 N–H and O–H groups in total. The normalized spacial score (nSPS) is 23.4. The van der Waals surface area contributed by atoms with E-state index in [9.17, 15) is 26.4 Å². The third-order valence-corrected chi connectivity index (χ3v) is 4.58. The van der Waals surface area contributed by atoms with Crippen LogP contribution in [0.3, 0.4) is 0 Å². The number of rotatable bonds is 3. The van der Waals surface area contributed by atoms with Crippen LogP contribution >= 0.6 is 0 Å². The molecule has 100 valence electrons. The van der Waals surface area contributed by atoms with Crippen LogP contribution in [-0.4, -0.2) is 44.8 Å². The van der Waals surface area contributed by atoms with E-state index in [1.54, 1.807) is 0 Å². The highest BCUT2D eigenvalue weighted by Gasteiger charge is 2.32. The van der Waals surface area contributed by atoms with E-state index in [2.05, 4.69) is 4.74 Å². The molecule has 0 bridgehead atoms. The molecule has 1 atom stereocenters. The first kappa shape index (κ1) is 14.1. The molecular formula is C8H12F3NO4S. The Balaban J connectivity index is 2.29. The number of hydrogen-bond acceptors (Lipinski definition) is 4. The average Bonchev–Trinajstić information content (AvgIpc) is 2.50. The minimum absolute atomic E-state index is 0.0525. The minimum atomic E-state index is -4.59. The van der Waals surface area contributed by atoms with Gasteiger partial charge >= 0.3 is 12.3 Å². The van der Waals surface area contributed by atoms with Gasteiger partial charge < -0.3 is 10.1 Å². The minimum Gasteiger partial charge on any atom is -0.440 e. The Kier molecular flexibility index (Phi) is 4.23. The fraction of sp³-hybridized carbons (Fsp3) is 0.875. The van der Waals surface area contributed by atoms with E-state index in [0.29, 0.717) is 12.8 Å². The van der Waals surface area contributed by atoms with Crippen molar-refractivity contribution >= 4 is 15.9 Å². The molecule has 5 nitrogen and oxygen atoms in total. The maximum absolute atomic E-state index is 11.7. The van der Waals surface area contributed by atoms with E-state index in [1.165, 1.54) is 0 Å². The highest BCUT2D eigenvalue weighted by atomic mass is 32.2. The molecule has 1 fully saturated rings. The van der Waals surface area contributed by atoms with Crippen molar-refractivity contribution in [2.75, 3.05) is 18.9 Å². The molecule has 1 amide bonds. The SMILES string of the molecule is O=C(NCC1CCCS1(=O)=O)OCC(F)(F)F. The van der Waals surface area contributed by atoms with Crippen LogP contribution in [0.15, 0.2) is 0 Å². The second-order valence-electron chi connectivity index (χ2n) is 3.70. The highest BCUT2D eigenvalue weighted by molar-refractivity contribution is 7.92. The summed E-state index contributed by atoms with van der Waals surface area (Å²) in [6, 6.07) is 0. The molecule has 0 spiro atoms. The Morgan fingerprint density at radius 1 is 1.41 bits per heavy atom. The van der Waals surface area contributed by atoms with Crippen molar-refractivity contribution in [3.63, 3.8) is 0 Å². The average molecular weight is 275 g/mol. The van der Waals surface area contributed by atoms with Gasteiger partial charge in [0.15, 0.2) is 16.4 Å². The third kappa shape index (κ3) is 4.80. The molecule has 0 aromatic carbocycles. The van der Waals surface area contributed by atoms with E-state index < -0.39 is 34.0 Å². The van der Waals surface area contributed by atoms with E-state index in [-0.39, 0.29) is 12.3 Å². The predicted molar refractivity (Wildman–Crippen MR) is 52.2 cm³/mol. The van der Waals surface area contributed by atoms with Crippen molar-refractivity contribution in [1.29, 1.82) is 0 Å². The van der Waals surface area contributed by atoms with Gasteiger partial charge in [-0.3, -0.25) is 0 Å². The lowest BCUT2D eigenvalue weighted by atomic mass is 10.2. The van der Waals surface area contributed by atoms with Gasteiger partial charge in [-0.05, 0) is 12.8 Å².